The highest BCUT2D eigenvalue weighted by molar-refractivity contribution is 7.87. The molecule has 0 saturated carbocycles. The molecule has 0 spiro atoms. The molecule has 0 atom stereocenters. The molecule has 0 aliphatic carbocycles. The summed E-state index contributed by atoms with van der Waals surface area (Å²) in [7, 11) is -2.47. The first-order valence-corrected chi connectivity index (χ1v) is 9.46. The third kappa shape index (κ3) is 5.14. The second-order valence-electron chi connectivity index (χ2n) is 7.01. The Hall–Kier alpha value is -2.18. The van der Waals surface area contributed by atoms with Crippen LogP contribution in [0.3, 0.4) is 0 Å². The number of carbonyl (C=O) groups excluding carboxylic acids is 1. The van der Waals surface area contributed by atoms with E-state index in [1.54, 1.807) is 12.1 Å². The molecule has 6 heteroatoms. The highest BCUT2D eigenvalue weighted by Crippen LogP contribution is 2.22. The smallest absolute Gasteiger partial charge is 0.268 e. The molecule has 2 aromatic carbocycles. The largest absolute Gasteiger partial charge is 0.304 e. The minimum absolute atomic E-state index is 0.0308. The fourth-order valence-corrected chi connectivity index (χ4v) is 3.13. The predicted molar refractivity (Wildman–Crippen MR) is 99.4 cm³/mol. The van der Waals surface area contributed by atoms with Gasteiger partial charge in [-0.1, -0.05) is 63.2 Å². The maximum Gasteiger partial charge on any atom is 0.304 e. The average molecular weight is 360 g/mol. The van der Waals surface area contributed by atoms with Gasteiger partial charge >= 0.3 is 10.2 Å². The number of nitrogens with zero attached hydrogens (tertiary/aromatic N) is 1. The van der Waals surface area contributed by atoms with E-state index in [0.29, 0.717) is 5.56 Å². The zero-order valence-electron chi connectivity index (χ0n) is 15.0. The minimum Gasteiger partial charge on any atom is -0.268 e. The number of benzene rings is 2. The Labute approximate surface area is 149 Å². The van der Waals surface area contributed by atoms with Gasteiger partial charge in [0.2, 0.25) is 0 Å². The van der Waals surface area contributed by atoms with Crippen molar-refractivity contribution >= 4 is 16.1 Å². The maximum absolute atomic E-state index is 12.3. The summed E-state index contributed by atoms with van der Waals surface area (Å²) in [5.41, 5.74) is 2.20. The summed E-state index contributed by atoms with van der Waals surface area (Å²) >= 11 is 0. The van der Waals surface area contributed by atoms with Gasteiger partial charge in [-0.25, -0.2) is 4.72 Å². The molecule has 2 rings (SSSR count). The lowest BCUT2D eigenvalue weighted by Gasteiger charge is -2.20. The molecular weight excluding hydrogens is 336 g/mol. The first-order valence-electron chi connectivity index (χ1n) is 8.02. The SMILES string of the molecule is CN(Cc1ccccc1)S(=O)(=O)NC(=O)c1ccc(C(C)(C)C)cc1. The molecule has 0 saturated heterocycles. The molecule has 0 bridgehead atoms. The van der Waals surface area contributed by atoms with Crippen LogP contribution < -0.4 is 4.72 Å². The van der Waals surface area contributed by atoms with Crippen LogP contribution in [0.4, 0.5) is 0 Å². The van der Waals surface area contributed by atoms with Crippen LogP contribution in [0, 0.1) is 0 Å². The van der Waals surface area contributed by atoms with Crippen LogP contribution in [-0.2, 0) is 22.2 Å². The van der Waals surface area contributed by atoms with Crippen LogP contribution in [-0.4, -0.2) is 25.7 Å². The molecule has 2 aromatic rings. The Morgan fingerprint density at radius 1 is 1.00 bits per heavy atom. The summed E-state index contributed by atoms with van der Waals surface area (Å²) in [6, 6.07) is 16.2. The van der Waals surface area contributed by atoms with Gasteiger partial charge in [0.1, 0.15) is 0 Å². The van der Waals surface area contributed by atoms with Gasteiger partial charge in [0.15, 0.2) is 0 Å². The lowest BCUT2D eigenvalue weighted by molar-refractivity contribution is 0.0979. The van der Waals surface area contributed by atoms with Gasteiger partial charge in [-0.05, 0) is 28.7 Å². The Morgan fingerprint density at radius 3 is 2.08 bits per heavy atom. The van der Waals surface area contributed by atoms with Crippen molar-refractivity contribution in [2.75, 3.05) is 7.05 Å². The number of nitrogens with one attached hydrogen (secondary N) is 1. The molecule has 134 valence electrons. The van der Waals surface area contributed by atoms with E-state index in [1.165, 1.54) is 7.05 Å². The molecule has 5 nitrogen and oxygen atoms in total. The number of amides is 1. The van der Waals surface area contributed by atoms with E-state index in [4.69, 9.17) is 0 Å². The fraction of sp³-hybridized carbons (Fsp3) is 0.316. The Balaban J connectivity index is 2.07. The molecule has 0 radical (unpaired) electrons. The number of hydrogen-bond donors (Lipinski definition) is 1. The van der Waals surface area contributed by atoms with Gasteiger partial charge in [-0.3, -0.25) is 4.79 Å². The summed E-state index contributed by atoms with van der Waals surface area (Å²) in [5, 5.41) is 0. The molecule has 0 aliphatic heterocycles. The standard InChI is InChI=1S/C19H24N2O3S/c1-19(2,3)17-12-10-16(11-13-17)18(22)20-25(23,24)21(4)14-15-8-6-5-7-9-15/h5-13H,14H2,1-4H3,(H,20,22). The van der Waals surface area contributed by atoms with Crippen molar-refractivity contribution in [1.82, 2.24) is 9.03 Å². The van der Waals surface area contributed by atoms with E-state index in [9.17, 15) is 13.2 Å². The van der Waals surface area contributed by atoms with E-state index in [0.717, 1.165) is 15.4 Å². The van der Waals surface area contributed by atoms with Crippen LogP contribution >= 0.6 is 0 Å². The van der Waals surface area contributed by atoms with Crippen LogP contribution in [0.25, 0.3) is 0 Å². The highest BCUT2D eigenvalue weighted by atomic mass is 32.2. The Morgan fingerprint density at radius 2 is 1.56 bits per heavy atom. The van der Waals surface area contributed by atoms with E-state index in [-0.39, 0.29) is 12.0 Å². The lowest BCUT2D eigenvalue weighted by atomic mass is 9.87. The topological polar surface area (TPSA) is 66.5 Å². The molecule has 1 amide bonds. The van der Waals surface area contributed by atoms with Crippen molar-refractivity contribution < 1.29 is 13.2 Å². The lowest BCUT2D eigenvalue weighted by Crippen LogP contribution is -2.41. The van der Waals surface area contributed by atoms with Crippen molar-refractivity contribution in [1.29, 1.82) is 0 Å². The predicted octanol–water partition coefficient (Wildman–Crippen LogP) is 3.09. The van der Waals surface area contributed by atoms with Gasteiger partial charge in [0.05, 0.1) is 0 Å². The molecule has 0 fully saturated rings. The molecule has 0 aromatic heterocycles. The second-order valence-corrected chi connectivity index (χ2v) is 8.78. The zero-order valence-corrected chi connectivity index (χ0v) is 15.8. The van der Waals surface area contributed by atoms with Crippen molar-refractivity contribution in [2.24, 2.45) is 0 Å². The Bertz CT molecular complexity index is 823. The first kappa shape index (κ1) is 19.1. The number of hydrogen-bond acceptors (Lipinski definition) is 3. The van der Waals surface area contributed by atoms with E-state index >= 15 is 0 Å². The third-order valence-corrected chi connectivity index (χ3v) is 5.29. The van der Waals surface area contributed by atoms with Gasteiger partial charge in [0.25, 0.3) is 5.91 Å². The maximum atomic E-state index is 12.3. The van der Waals surface area contributed by atoms with Crippen molar-refractivity contribution in [3.05, 3.63) is 71.3 Å². The quantitative estimate of drug-likeness (QED) is 0.891. The van der Waals surface area contributed by atoms with Crippen LogP contribution in [0.2, 0.25) is 0 Å². The highest BCUT2D eigenvalue weighted by Gasteiger charge is 2.22. The van der Waals surface area contributed by atoms with Crippen molar-refractivity contribution in [3.8, 4) is 0 Å². The summed E-state index contributed by atoms with van der Waals surface area (Å²) in [4.78, 5) is 12.3. The van der Waals surface area contributed by atoms with Gasteiger partial charge in [-0.2, -0.15) is 12.7 Å². The molecule has 0 heterocycles. The number of rotatable bonds is 5. The van der Waals surface area contributed by atoms with Crippen molar-refractivity contribution in [3.63, 3.8) is 0 Å². The normalized spacial score (nSPS) is 12.2. The zero-order chi connectivity index (χ0) is 18.7. The van der Waals surface area contributed by atoms with Crippen LogP contribution in [0.15, 0.2) is 54.6 Å². The van der Waals surface area contributed by atoms with E-state index in [2.05, 4.69) is 25.5 Å². The van der Waals surface area contributed by atoms with Crippen molar-refractivity contribution in [2.45, 2.75) is 32.7 Å². The molecular formula is C19H24N2O3S. The van der Waals surface area contributed by atoms with E-state index in [1.807, 2.05) is 42.5 Å². The second kappa shape index (κ2) is 7.37. The monoisotopic (exact) mass is 360 g/mol. The Kier molecular flexibility index (Phi) is 5.65. The third-order valence-electron chi connectivity index (χ3n) is 3.89. The summed E-state index contributed by atoms with van der Waals surface area (Å²) in [6.07, 6.45) is 0. The average Bonchev–Trinajstić information content (AvgIpc) is 2.54. The molecule has 0 unspecified atom stereocenters. The number of carbonyl (C=O) groups is 1. The van der Waals surface area contributed by atoms with Crippen LogP contribution in [0.1, 0.15) is 42.3 Å². The molecule has 0 aliphatic rings. The first-order chi connectivity index (χ1) is 11.6. The fourth-order valence-electron chi connectivity index (χ4n) is 2.30. The van der Waals surface area contributed by atoms with Crippen LogP contribution in [0.5, 0.6) is 0 Å². The van der Waals surface area contributed by atoms with Gasteiger partial charge < -0.3 is 0 Å². The van der Waals surface area contributed by atoms with E-state index < -0.39 is 16.1 Å². The minimum atomic E-state index is -3.91. The molecule has 25 heavy (non-hydrogen) atoms. The molecule has 1 N–H and O–H groups in total. The van der Waals surface area contributed by atoms with Gasteiger partial charge in [0, 0.05) is 19.2 Å². The van der Waals surface area contributed by atoms with Gasteiger partial charge in [-0.15, -0.1) is 0 Å². The summed E-state index contributed by atoms with van der Waals surface area (Å²) < 4.78 is 27.9. The summed E-state index contributed by atoms with van der Waals surface area (Å²) in [6.45, 7) is 6.41. The summed E-state index contributed by atoms with van der Waals surface area (Å²) in [5.74, 6) is -0.639.